The molecule has 0 radical (unpaired) electrons. The summed E-state index contributed by atoms with van der Waals surface area (Å²) >= 11 is 5.48. The van der Waals surface area contributed by atoms with Gasteiger partial charge < -0.3 is 0 Å². The lowest BCUT2D eigenvalue weighted by molar-refractivity contribution is 0.244. The second kappa shape index (κ2) is 5.27. The summed E-state index contributed by atoms with van der Waals surface area (Å²) in [5, 5.41) is 2.32. The molecule has 18 heavy (non-hydrogen) atoms. The topological polar surface area (TPSA) is 16.1 Å². The largest absolute Gasteiger partial charge is 0.293 e. The van der Waals surface area contributed by atoms with Crippen molar-refractivity contribution in [1.29, 1.82) is 0 Å². The SMILES string of the molecule is CC1CCN(Cc2nc3ccccc3s2)C1CBr. The molecule has 1 aromatic heterocycles. The molecule has 4 heteroatoms. The van der Waals surface area contributed by atoms with Crippen molar-refractivity contribution in [2.75, 3.05) is 11.9 Å². The lowest BCUT2D eigenvalue weighted by Gasteiger charge is -2.23. The van der Waals surface area contributed by atoms with E-state index in [1.165, 1.54) is 22.7 Å². The monoisotopic (exact) mass is 324 g/mol. The summed E-state index contributed by atoms with van der Waals surface area (Å²) in [6.45, 7) is 4.55. The number of likely N-dealkylation sites (tertiary alicyclic amines) is 1. The Bertz CT molecular complexity index is 506. The van der Waals surface area contributed by atoms with Crippen molar-refractivity contribution >= 4 is 37.5 Å². The van der Waals surface area contributed by atoms with E-state index < -0.39 is 0 Å². The van der Waals surface area contributed by atoms with E-state index in [0.717, 1.165) is 23.3 Å². The van der Waals surface area contributed by atoms with E-state index in [4.69, 9.17) is 4.98 Å². The van der Waals surface area contributed by atoms with Crippen LogP contribution in [0.3, 0.4) is 0 Å². The minimum atomic E-state index is 0.664. The van der Waals surface area contributed by atoms with Crippen LogP contribution in [-0.2, 0) is 6.54 Å². The molecule has 0 saturated carbocycles. The average molecular weight is 325 g/mol. The molecule has 1 aliphatic rings. The van der Waals surface area contributed by atoms with Crippen molar-refractivity contribution in [2.24, 2.45) is 5.92 Å². The Balaban J connectivity index is 1.80. The molecular formula is C14H17BrN2S. The molecule has 1 aliphatic heterocycles. The zero-order valence-electron chi connectivity index (χ0n) is 10.5. The number of thiazole rings is 1. The fourth-order valence-corrected chi connectivity index (χ4v) is 4.74. The van der Waals surface area contributed by atoms with Crippen molar-refractivity contribution in [2.45, 2.75) is 25.9 Å². The molecule has 0 spiro atoms. The second-order valence-corrected chi connectivity index (χ2v) is 6.80. The van der Waals surface area contributed by atoms with Gasteiger partial charge >= 0.3 is 0 Å². The molecule has 0 amide bonds. The lowest BCUT2D eigenvalue weighted by Crippen LogP contribution is -2.32. The predicted octanol–water partition coefficient (Wildman–Crippen LogP) is 3.90. The molecule has 1 aromatic carbocycles. The molecule has 0 bridgehead atoms. The van der Waals surface area contributed by atoms with Gasteiger partial charge in [-0.15, -0.1) is 11.3 Å². The number of nitrogens with zero attached hydrogens (tertiary/aromatic N) is 2. The number of fused-ring (bicyclic) bond motifs is 1. The van der Waals surface area contributed by atoms with E-state index in [2.05, 4.69) is 52.0 Å². The quantitative estimate of drug-likeness (QED) is 0.796. The van der Waals surface area contributed by atoms with E-state index >= 15 is 0 Å². The van der Waals surface area contributed by atoms with Gasteiger partial charge in [0.1, 0.15) is 5.01 Å². The van der Waals surface area contributed by atoms with Gasteiger partial charge in [0.05, 0.1) is 16.8 Å². The van der Waals surface area contributed by atoms with Crippen LogP contribution in [0.15, 0.2) is 24.3 Å². The third kappa shape index (κ3) is 2.33. The highest BCUT2D eigenvalue weighted by Gasteiger charge is 2.30. The molecular weight excluding hydrogens is 308 g/mol. The molecule has 0 aliphatic carbocycles. The van der Waals surface area contributed by atoms with Gasteiger partial charge in [-0.2, -0.15) is 0 Å². The van der Waals surface area contributed by atoms with Crippen molar-refractivity contribution < 1.29 is 0 Å². The highest BCUT2D eigenvalue weighted by atomic mass is 79.9. The van der Waals surface area contributed by atoms with Crippen LogP contribution in [0.1, 0.15) is 18.4 Å². The molecule has 2 atom stereocenters. The molecule has 2 heterocycles. The summed E-state index contributed by atoms with van der Waals surface area (Å²) in [7, 11) is 0. The number of para-hydroxylation sites is 1. The maximum absolute atomic E-state index is 4.73. The number of hydrogen-bond acceptors (Lipinski definition) is 3. The van der Waals surface area contributed by atoms with Gasteiger partial charge in [0.2, 0.25) is 0 Å². The zero-order valence-corrected chi connectivity index (χ0v) is 12.9. The number of benzene rings is 1. The molecule has 2 nitrogen and oxygen atoms in total. The normalized spacial score (nSPS) is 25.0. The number of rotatable bonds is 3. The first-order chi connectivity index (χ1) is 8.78. The van der Waals surface area contributed by atoms with Crippen molar-refractivity contribution in [3.63, 3.8) is 0 Å². The Morgan fingerprint density at radius 1 is 1.44 bits per heavy atom. The Morgan fingerprint density at radius 3 is 3.06 bits per heavy atom. The van der Waals surface area contributed by atoms with Crippen LogP contribution in [0.5, 0.6) is 0 Å². The van der Waals surface area contributed by atoms with Crippen LogP contribution in [0.2, 0.25) is 0 Å². The second-order valence-electron chi connectivity index (χ2n) is 5.03. The van der Waals surface area contributed by atoms with Gasteiger partial charge in [-0.05, 0) is 31.0 Å². The van der Waals surface area contributed by atoms with Crippen LogP contribution < -0.4 is 0 Å². The molecule has 2 unspecified atom stereocenters. The highest BCUT2D eigenvalue weighted by molar-refractivity contribution is 9.09. The molecule has 3 rings (SSSR count). The van der Waals surface area contributed by atoms with Crippen LogP contribution in [-0.4, -0.2) is 27.8 Å². The Hall–Kier alpha value is -0.450. The number of aromatic nitrogens is 1. The maximum Gasteiger partial charge on any atom is 0.108 e. The summed E-state index contributed by atoms with van der Waals surface area (Å²) in [5.41, 5.74) is 1.14. The third-order valence-electron chi connectivity index (χ3n) is 3.83. The van der Waals surface area contributed by atoms with Crippen LogP contribution >= 0.6 is 27.3 Å². The average Bonchev–Trinajstić information content (AvgIpc) is 2.93. The highest BCUT2D eigenvalue weighted by Crippen LogP contribution is 2.29. The minimum Gasteiger partial charge on any atom is -0.293 e. The Morgan fingerprint density at radius 2 is 2.28 bits per heavy atom. The number of hydrogen-bond donors (Lipinski definition) is 0. The third-order valence-corrected chi connectivity index (χ3v) is 5.52. The van der Waals surface area contributed by atoms with Gasteiger partial charge in [-0.25, -0.2) is 4.98 Å². The van der Waals surface area contributed by atoms with Crippen LogP contribution in [0.25, 0.3) is 10.2 Å². The minimum absolute atomic E-state index is 0.664. The summed E-state index contributed by atoms with van der Waals surface area (Å²) in [6, 6.07) is 9.07. The fourth-order valence-electron chi connectivity index (χ4n) is 2.69. The number of halogens is 1. The Labute approximate surface area is 120 Å². The summed E-state index contributed by atoms with van der Waals surface area (Å²) in [6.07, 6.45) is 1.31. The maximum atomic E-state index is 4.73. The zero-order chi connectivity index (χ0) is 12.5. The molecule has 1 saturated heterocycles. The smallest absolute Gasteiger partial charge is 0.108 e. The predicted molar refractivity (Wildman–Crippen MR) is 81.4 cm³/mol. The fraction of sp³-hybridized carbons (Fsp3) is 0.500. The summed E-state index contributed by atoms with van der Waals surface area (Å²) in [4.78, 5) is 7.30. The first-order valence-corrected chi connectivity index (χ1v) is 8.36. The summed E-state index contributed by atoms with van der Waals surface area (Å²) < 4.78 is 1.30. The summed E-state index contributed by atoms with van der Waals surface area (Å²) in [5.74, 6) is 0.791. The van der Waals surface area contributed by atoms with Gasteiger partial charge in [0.15, 0.2) is 0 Å². The van der Waals surface area contributed by atoms with E-state index in [9.17, 15) is 0 Å². The standard InChI is InChI=1S/C14H17BrN2S/c1-10-6-7-17(12(10)8-15)9-14-16-11-4-2-3-5-13(11)18-14/h2-5,10,12H,6-9H2,1H3. The van der Waals surface area contributed by atoms with Crippen molar-refractivity contribution in [1.82, 2.24) is 9.88 Å². The molecule has 2 aromatic rings. The molecule has 96 valence electrons. The number of alkyl halides is 1. The van der Waals surface area contributed by atoms with E-state index in [1.54, 1.807) is 0 Å². The van der Waals surface area contributed by atoms with Crippen molar-refractivity contribution in [3.05, 3.63) is 29.3 Å². The van der Waals surface area contributed by atoms with Crippen LogP contribution in [0.4, 0.5) is 0 Å². The van der Waals surface area contributed by atoms with Gasteiger partial charge in [0, 0.05) is 11.4 Å². The Kier molecular flexibility index (Phi) is 3.68. The first kappa shape index (κ1) is 12.6. The van der Waals surface area contributed by atoms with E-state index in [1.807, 2.05) is 11.3 Å². The van der Waals surface area contributed by atoms with Gasteiger partial charge in [0.25, 0.3) is 0 Å². The van der Waals surface area contributed by atoms with E-state index in [-0.39, 0.29) is 0 Å². The molecule has 1 fully saturated rings. The molecule has 0 N–H and O–H groups in total. The van der Waals surface area contributed by atoms with Gasteiger partial charge in [-0.3, -0.25) is 4.90 Å². The van der Waals surface area contributed by atoms with E-state index in [0.29, 0.717) is 6.04 Å². The van der Waals surface area contributed by atoms with Crippen LogP contribution in [0, 0.1) is 5.92 Å². The lowest BCUT2D eigenvalue weighted by atomic mass is 10.1. The first-order valence-electron chi connectivity index (χ1n) is 6.42. The van der Waals surface area contributed by atoms with Crippen molar-refractivity contribution in [3.8, 4) is 0 Å². The van der Waals surface area contributed by atoms with Gasteiger partial charge in [-0.1, -0.05) is 35.0 Å².